The first-order chi connectivity index (χ1) is 16.8. The second-order valence-corrected chi connectivity index (χ2v) is 9.84. The van der Waals surface area contributed by atoms with Crippen LogP contribution in [-0.2, 0) is 36.9 Å². The Labute approximate surface area is 204 Å². The first-order valence-electron chi connectivity index (χ1n) is 10.6. The van der Waals surface area contributed by atoms with Gasteiger partial charge in [-0.15, -0.1) is 0 Å². The van der Waals surface area contributed by atoms with Crippen molar-refractivity contribution >= 4 is 27.6 Å². The summed E-state index contributed by atoms with van der Waals surface area (Å²) >= 11 is 0. The summed E-state index contributed by atoms with van der Waals surface area (Å²) in [6.07, 6.45) is -4.71. The maximum absolute atomic E-state index is 13.2. The van der Waals surface area contributed by atoms with Crippen molar-refractivity contribution in [2.24, 2.45) is 0 Å². The molecule has 1 saturated heterocycles. The van der Waals surface area contributed by atoms with Gasteiger partial charge in [0.25, 0.3) is 15.7 Å². The summed E-state index contributed by atoms with van der Waals surface area (Å²) < 4.78 is 70.6. The number of methoxy groups -OCH3 is 1. The van der Waals surface area contributed by atoms with Gasteiger partial charge in [0.1, 0.15) is 12.1 Å². The Morgan fingerprint density at radius 2 is 1.78 bits per heavy atom. The Balaban J connectivity index is 1.87. The number of nitrogens with zero attached hydrogens (tertiary/aromatic N) is 3. The van der Waals surface area contributed by atoms with Crippen LogP contribution in [0.1, 0.15) is 18.1 Å². The second-order valence-electron chi connectivity index (χ2n) is 7.99. The molecule has 1 heterocycles. The van der Waals surface area contributed by atoms with Crippen LogP contribution in [0, 0.1) is 10.1 Å². The molecule has 36 heavy (non-hydrogen) atoms. The molecule has 0 saturated carbocycles. The molecule has 10 nitrogen and oxygen atoms in total. The number of para-hydroxylation sites is 1. The number of hydrogen-bond donors (Lipinski definition) is 0. The SMILES string of the molecule is COC(=O)[C@H](Cc1ccc(C(F)(F)F)cc1)N1CCN(S(=O)(=O)c2ccccc2[N+](=O)[O-])[C@@H](C)C1=O. The van der Waals surface area contributed by atoms with Gasteiger partial charge in [-0.25, -0.2) is 13.2 Å². The zero-order valence-corrected chi connectivity index (χ0v) is 20.0. The summed E-state index contributed by atoms with van der Waals surface area (Å²) in [5.74, 6) is -1.59. The number of carbonyl (C=O) groups excluding carboxylic acids is 2. The van der Waals surface area contributed by atoms with Crippen LogP contribution >= 0.6 is 0 Å². The molecular weight excluding hydrogens is 507 g/mol. The Kier molecular flexibility index (Phi) is 7.69. The number of nitro groups is 1. The van der Waals surface area contributed by atoms with E-state index in [-0.39, 0.29) is 19.5 Å². The average molecular weight is 529 g/mol. The van der Waals surface area contributed by atoms with Crippen LogP contribution in [0.25, 0.3) is 0 Å². The fourth-order valence-electron chi connectivity index (χ4n) is 3.97. The number of alkyl halides is 3. The molecular formula is C22H22F3N3O7S. The zero-order chi connectivity index (χ0) is 26.8. The van der Waals surface area contributed by atoms with Crippen molar-refractivity contribution in [2.45, 2.75) is 36.5 Å². The normalized spacial score (nSPS) is 18.1. The molecule has 0 aliphatic carbocycles. The van der Waals surface area contributed by atoms with Gasteiger partial charge in [0, 0.05) is 25.6 Å². The number of ether oxygens (including phenoxy) is 1. The summed E-state index contributed by atoms with van der Waals surface area (Å²) in [5.41, 5.74) is -1.19. The van der Waals surface area contributed by atoms with Crippen molar-refractivity contribution in [1.29, 1.82) is 0 Å². The van der Waals surface area contributed by atoms with Gasteiger partial charge in [-0.2, -0.15) is 17.5 Å². The first-order valence-corrected chi connectivity index (χ1v) is 12.0. The van der Waals surface area contributed by atoms with E-state index in [2.05, 4.69) is 0 Å². The minimum Gasteiger partial charge on any atom is -0.467 e. The van der Waals surface area contributed by atoms with E-state index in [1.54, 1.807) is 0 Å². The predicted molar refractivity (Wildman–Crippen MR) is 119 cm³/mol. The Hall–Kier alpha value is -3.52. The van der Waals surface area contributed by atoms with E-state index in [1.807, 2.05) is 0 Å². The lowest BCUT2D eigenvalue weighted by molar-refractivity contribution is -0.387. The highest BCUT2D eigenvalue weighted by Gasteiger charge is 2.44. The highest BCUT2D eigenvalue weighted by Crippen LogP contribution is 2.31. The standard InChI is InChI=1S/C22H22F3N3O7S/c1-14-20(29)26(11-12-27(14)36(33,34)19-6-4-3-5-17(19)28(31)32)18(21(30)35-2)13-15-7-9-16(10-8-15)22(23,24)25/h3-10,14,18H,11-13H2,1-2H3/t14-,18-/m0/s1. The summed E-state index contributed by atoms with van der Waals surface area (Å²) in [5, 5.41) is 11.3. The van der Waals surface area contributed by atoms with Gasteiger partial charge in [0.2, 0.25) is 5.91 Å². The number of amides is 1. The van der Waals surface area contributed by atoms with Gasteiger partial charge < -0.3 is 9.64 Å². The molecule has 0 spiro atoms. The maximum atomic E-state index is 13.2. The van der Waals surface area contributed by atoms with Gasteiger partial charge in [0.15, 0.2) is 4.90 Å². The summed E-state index contributed by atoms with van der Waals surface area (Å²) in [6, 6.07) is 6.26. The number of hydrogen-bond acceptors (Lipinski definition) is 7. The largest absolute Gasteiger partial charge is 0.467 e. The molecule has 2 aromatic carbocycles. The van der Waals surface area contributed by atoms with Crippen LogP contribution in [-0.4, -0.2) is 66.7 Å². The fourth-order valence-corrected chi connectivity index (χ4v) is 5.71. The molecule has 2 aromatic rings. The molecule has 0 unspecified atom stereocenters. The van der Waals surface area contributed by atoms with Crippen LogP contribution in [0.15, 0.2) is 53.4 Å². The van der Waals surface area contributed by atoms with E-state index in [9.17, 15) is 41.3 Å². The number of sulfonamides is 1. The number of benzene rings is 2. The van der Waals surface area contributed by atoms with Gasteiger partial charge >= 0.3 is 12.1 Å². The molecule has 194 valence electrons. The lowest BCUT2D eigenvalue weighted by Gasteiger charge is -2.41. The predicted octanol–water partition coefficient (Wildman–Crippen LogP) is 2.62. The number of carbonyl (C=O) groups is 2. The Morgan fingerprint density at radius 1 is 1.17 bits per heavy atom. The van der Waals surface area contributed by atoms with Crippen molar-refractivity contribution in [3.63, 3.8) is 0 Å². The number of nitro benzene ring substituents is 1. The molecule has 0 bridgehead atoms. The fraction of sp³-hybridized carbons (Fsp3) is 0.364. The monoisotopic (exact) mass is 529 g/mol. The van der Waals surface area contributed by atoms with E-state index in [0.717, 1.165) is 40.6 Å². The van der Waals surface area contributed by atoms with Crippen molar-refractivity contribution in [1.82, 2.24) is 9.21 Å². The van der Waals surface area contributed by atoms with Crippen molar-refractivity contribution in [2.75, 3.05) is 20.2 Å². The molecule has 1 amide bonds. The van der Waals surface area contributed by atoms with Gasteiger partial charge in [-0.05, 0) is 30.7 Å². The summed E-state index contributed by atoms with van der Waals surface area (Å²) in [4.78, 5) is 36.7. The Morgan fingerprint density at radius 3 is 2.33 bits per heavy atom. The second kappa shape index (κ2) is 10.2. The third-order valence-electron chi connectivity index (χ3n) is 5.84. The van der Waals surface area contributed by atoms with Gasteiger partial charge in [-0.1, -0.05) is 24.3 Å². The molecule has 0 aromatic heterocycles. The third-order valence-corrected chi connectivity index (χ3v) is 7.86. The molecule has 14 heteroatoms. The van der Waals surface area contributed by atoms with E-state index in [0.29, 0.717) is 5.56 Å². The van der Waals surface area contributed by atoms with Crippen LogP contribution in [0.3, 0.4) is 0 Å². The summed E-state index contributed by atoms with van der Waals surface area (Å²) in [6.45, 7) is 0.762. The van der Waals surface area contributed by atoms with Crippen LogP contribution in [0.2, 0.25) is 0 Å². The first kappa shape index (κ1) is 27.1. The Bertz CT molecular complexity index is 1270. The van der Waals surface area contributed by atoms with Gasteiger partial charge in [-0.3, -0.25) is 14.9 Å². The topological polar surface area (TPSA) is 127 Å². The third kappa shape index (κ3) is 5.33. The quantitative estimate of drug-likeness (QED) is 0.307. The maximum Gasteiger partial charge on any atom is 0.416 e. The highest BCUT2D eigenvalue weighted by atomic mass is 32.2. The van der Waals surface area contributed by atoms with E-state index in [4.69, 9.17) is 4.74 Å². The number of halogens is 3. The number of esters is 1. The van der Waals surface area contributed by atoms with E-state index >= 15 is 0 Å². The summed E-state index contributed by atoms with van der Waals surface area (Å²) in [7, 11) is -3.36. The van der Waals surface area contributed by atoms with E-state index in [1.165, 1.54) is 31.2 Å². The number of piperazine rings is 1. The molecule has 0 radical (unpaired) electrons. The average Bonchev–Trinajstić information content (AvgIpc) is 2.83. The number of rotatable bonds is 7. The molecule has 1 fully saturated rings. The van der Waals surface area contributed by atoms with Crippen molar-refractivity contribution in [3.8, 4) is 0 Å². The smallest absolute Gasteiger partial charge is 0.416 e. The van der Waals surface area contributed by atoms with Crippen LogP contribution in [0.4, 0.5) is 18.9 Å². The molecule has 1 aliphatic rings. The lowest BCUT2D eigenvalue weighted by Crippen LogP contribution is -2.61. The molecule has 3 rings (SSSR count). The lowest BCUT2D eigenvalue weighted by atomic mass is 10.0. The zero-order valence-electron chi connectivity index (χ0n) is 19.1. The minimum absolute atomic E-state index is 0.166. The van der Waals surface area contributed by atoms with Gasteiger partial charge in [0.05, 0.1) is 17.6 Å². The molecule has 0 N–H and O–H groups in total. The highest BCUT2D eigenvalue weighted by molar-refractivity contribution is 7.89. The minimum atomic E-state index is -4.54. The van der Waals surface area contributed by atoms with Crippen LogP contribution in [0.5, 0.6) is 0 Å². The van der Waals surface area contributed by atoms with Crippen molar-refractivity contribution in [3.05, 3.63) is 69.8 Å². The van der Waals surface area contributed by atoms with Crippen molar-refractivity contribution < 1.29 is 40.8 Å². The molecule has 2 atom stereocenters. The van der Waals surface area contributed by atoms with Crippen LogP contribution < -0.4 is 0 Å². The molecule has 1 aliphatic heterocycles. The van der Waals surface area contributed by atoms with E-state index < -0.39 is 61.2 Å².